The zero-order valence-electron chi connectivity index (χ0n) is 24.1. The van der Waals surface area contributed by atoms with Gasteiger partial charge in [-0.3, -0.25) is 24.6 Å². The number of piperidine rings is 3. The Morgan fingerprint density at radius 1 is 0.951 bits per heavy atom. The first-order chi connectivity index (χ1) is 20.0. The number of hydrogen-bond acceptors (Lipinski definition) is 6. The van der Waals surface area contributed by atoms with Gasteiger partial charge in [-0.25, -0.2) is 0 Å². The Bertz CT molecular complexity index is 1290. The number of likely N-dealkylation sites (tertiary alicyclic amines) is 2. The number of benzene rings is 2. The van der Waals surface area contributed by atoms with E-state index in [0.717, 1.165) is 37.4 Å². The summed E-state index contributed by atoms with van der Waals surface area (Å²) in [5.41, 5.74) is 4.47. The molecule has 218 valence electrons. The highest BCUT2D eigenvalue weighted by Gasteiger charge is 2.39. The number of carbonyl (C=O) groups is 3. The van der Waals surface area contributed by atoms with Gasteiger partial charge in [-0.2, -0.15) is 0 Å². The van der Waals surface area contributed by atoms with E-state index in [4.69, 9.17) is 4.74 Å². The summed E-state index contributed by atoms with van der Waals surface area (Å²) < 4.78 is 6.36. The molecule has 41 heavy (non-hydrogen) atoms. The van der Waals surface area contributed by atoms with E-state index in [0.29, 0.717) is 37.1 Å². The van der Waals surface area contributed by atoms with Crippen LogP contribution < -0.4 is 10.1 Å². The smallest absolute Gasteiger partial charge is 0.255 e. The Morgan fingerprint density at radius 2 is 1.78 bits per heavy atom. The monoisotopic (exact) mass is 558 g/mol. The number of imide groups is 1. The molecule has 1 N–H and O–H groups in total. The molecule has 3 amide bonds. The third kappa shape index (κ3) is 6.04. The number of hydrogen-bond donors (Lipinski definition) is 1. The molecule has 0 aliphatic carbocycles. The van der Waals surface area contributed by atoms with E-state index in [2.05, 4.69) is 46.3 Å². The van der Waals surface area contributed by atoms with Crippen molar-refractivity contribution in [3.05, 3.63) is 64.7 Å². The van der Waals surface area contributed by atoms with E-state index >= 15 is 0 Å². The number of fused-ring (bicyclic) bond motifs is 1. The van der Waals surface area contributed by atoms with Crippen LogP contribution in [0, 0.1) is 0 Å². The van der Waals surface area contributed by atoms with Gasteiger partial charge in [0, 0.05) is 31.1 Å². The van der Waals surface area contributed by atoms with Crippen molar-refractivity contribution in [2.24, 2.45) is 0 Å². The molecule has 2 atom stereocenters. The van der Waals surface area contributed by atoms with Crippen molar-refractivity contribution in [2.75, 3.05) is 32.8 Å². The quantitative estimate of drug-likeness (QED) is 0.492. The topological polar surface area (TPSA) is 82.2 Å². The first kappa shape index (κ1) is 27.9. The van der Waals surface area contributed by atoms with E-state index in [1.807, 2.05) is 18.2 Å². The van der Waals surface area contributed by atoms with Crippen molar-refractivity contribution in [3.63, 3.8) is 0 Å². The van der Waals surface area contributed by atoms with Crippen molar-refractivity contribution in [1.29, 1.82) is 0 Å². The number of rotatable bonds is 8. The Morgan fingerprint density at radius 3 is 2.59 bits per heavy atom. The minimum atomic E-state index is -0.602. The molecule has 2 aromatic rings. The Hall–Kier alpha value is -3.23. The molecule has 2 aromatic carbocycles. The SMILES string of the molecule is CCN1CCC(c2ccccc2CN2CCCC[C@@H]2COc2ccc3c(c2)CN(C2CCC(=O)NC2=O)C3=O)CC1. The average Bonchev–Trinajstić information content (AvgIpc) is 3.32. The van der Waals surface area contributed by atoms with Gasteiger partial charge in [-0.15, -0.1) is 0 Å². The summed E-state index contributed by atoms with van der Waals surface area (Å²) in [6, 6.07) is 14.4. The van der Waals surface area contributed by atoms with E-state index < -0.39 is 6.04 Å². The van der Waals surface area contributed by atoms with Crippen LogP contribution in [-0.2, 0) is 22.7 Å². The first-order valence-corrected chi connectivity index (χ1v) is 15.4. The lowest BCUT2D eigenvalue weighted by Crippen LogP contribution is -2.52. The maximum Gasteiger partial charge on any atom is 0.255 e. The third-order valence-electron chi connectivity index (χ3n) is 9.59. The molecule has 0 spiro atoms. The summed E-state index contributed by atoms with van der Waals surface area (Å²) in [5, 5.41) is 2.37. The van der Waals surface area contributed by atoms with Crippen LogP contribution in [0.4, 0.5) is 0 Å². The van der Waals surface area contributed by atoms with Crippen LogP contribution in [0.3, 0.4) is 0 Å². The third-order valence-corrected chi connectivity index (χ3v) is 9.59. The molecule has 8 nitrogen and oxygen atoms in total. The molecule has 0 radical (unpaired) electrons. The van der Waals surface area contributed by atoms with Crippen LogP contribution in [0.1, 0.15) is 84.8 Å². The summed E-state index contributed by atoms with van der Waals surface area (Å²) in [7, 11) is 0. The molecule has 0 aromatic heterocycles. The van der Waals surface area contributed by atoms with Gasteiger partial charge in [-0.05, 0) is 99.1 Å². The summed E-state index contributed by atoms with van der Waals surface area (Å²) in [5.74, 6) is 0.587. The van der Waals surface area contributed by atoms with Crippen molar-refractivity contribution >= 4 is 17.7 Å². The lowest BCUT2D eigenvalue weighted by Gasteiger charge is -2.37. The van der Waals surface area contributed by atoms with Gasteiger partial charge in [0.1, 0.15) is 18.4 Å². The van der Waals surface area contributed by atoms with Gasteiger partial charge in [0.2, 0.25) is 11.8 Å². The second-order valence-electron chi connectivity index (χ2n) is 12.1. The predicted molar refractivity (Wildman–Crippen MR) is 157 cm³/mol. The molecule has 0 saturated carbocycles. The van der Waals surface area contributed by atoms with Crippen LogP contribution >= 0.6 is 0 Å². The molecular formula is C33H42N4O4. The van der Waals surface area contributed by atoms with Crippen LogP contribution in [0.2, 0.25) is 0 Å². The summed E-state index contributed by atoms with van der Waals surface area (Å²) in [4.78, 5) is 43.7. The standard InChI is InChI=1S/C33H42N4O4/c1-2-35-17-14-23(15-18-35)28-9-4-3-7-24(28)20-36-16-6-5-8-26(36)22-41-27-10-11-29-25(19-27)21-37(33(29)40)30-12-13-31(38)34-32(30)39/h3-4,7,9-11,19,23,26,30H,2,5-6,8,12-18,20-22H2,1H3,(H,34,38,39)/t26-,30?/m1/s1. The molecule has 8 heteroatoms. The Kier molecular flexibility index (Phi) is 8.40. The molecule has 4 aliphatic rings. The van der Waals surface area contributed by atoms with Gasteiger partial charge in [0.15, 0.2) is 0 Å². The van der Waals surface area contributed by atoms with Crippen LogP contribution in [0.25, 0.3) is 0 Å². The molecule has 1 unspecified atom stereocenters. The molecule has 4 aliphatic heterocycles. The van der Waals surface area contributed by atoms with Gasteiger partial charge in [0.25, 0.3) is 5.91 Å². The van der Waals surface area contributed by atoms with Gasteiger partial charge in [-0.1, -0.05) is 37.6 Å². The molecule has 6 rings (SSSR count). The summed E-state index contributed by atoms with van der Waals surface area (Å²) in [6.45, 7) is 8.78. The zero-order valence-corrected chi connectivity index (χ0v) is 24.1. The molecule has 4 heterocycles. The summed E-state index contributed by atoms with van der Waals surface area (Å²) >= 11 is 0. The van der Waals surface area contributed by atoms with Crippen molar-refractivity contribution in [2.45, 2.75) is 83.0 Å². The fraction of sp³-hybridized carbons (Fsp3) is 0.545. The molecular weight excluding hydrogens is 516 g/mol. The highest BCUT2D eigenvalue weighted by atomic mass is 16.5. The minimum Gasteiger partial charge on any atom is -0.492 e. The Balaban J connectivity index is 1.09. The highest BCUT2D eigenvalue weighted by Crippen LogP contribution is 2.33. The van der Waals surface area contributed by atoms with E-state index in [1.54, 1.807) is 4.90 Å². The number of nitrogens with one attached hydrogen (secondary N) is 1. The largest absolute Gasteiger partial charge is 0.492 e. The van der Waals surface area contributed by atoms with Gasteiger partial charge < -0.3 is 14.5 Å². The lowest BCUT2D eigenvalue weighted by atomic mass is 9.86. The maximum absolute atomic E-state index is 13.0. The molecule has 0 bridgehead atoms. The second-order valence-corrected chi connectivity index (χ2v) is 12.1. The van der Waals surface area contributed by atoms with Gasteiger partial charge >= 0.3 is 0 Å². The van der Waals surface area contributed by atoms with Crippen LogP contribution in [-0.4, -0.2) is 77.3 Å². The maximum atomic E-state index is 13.0. The zero-order chi connectivity index (χ0) is 28.3. The number of nitrogens with zero attached hydrogens (tertiary/aromatic N) is 3. The average molecular weight is 559 g/mol. The number of ether oxygens (including phenoxy) is 1. The lowest BCUT2D eigenvalue weighted by molar-refractivity contribution is -0.136. The first-order valence-electron chi connectivity index (χ1n) is 15.4. The van der Waals surface area contributed by atoms with E-state index in [9.17, 15) is 14.4 Å². The normalized spacial score (nSPS) is 24.4. The Labute approximate surface area is 243 Å². The molecule has 3 fully saturated rings. The summed E-state index contributed by atoms with van der Waals surface area (Å²) in [6.07, 6.45) is 6.63. The fourth-order valence-electron chi connectivity index (χ4n) is 7.15. The fourth-order valence-corrected chi connectivity index (χ4v) is 7.15. The van der Waals surface area contributed by atoms with Crippen molar-refractivity contribution < 1.29 is 19.1 Å². The second kappa shape index (κ2) is 12.3. The van der Waals surface area contributed by atoms with E-state index in [1.165, 1.54) is 49.9 Å². The highest BCUT2D eigenvalue weighted by molar-refractivity contribution is 6.05. The molecule has 3 saturated heterocycles. The van der Waals surface area contributed by atoms with Gasteiger partial charge in [0.05, 0.1) is 0 Å². The minimum absolute atomic E-state index is 0.154. The predicted octanol–water partition coefficient (Wildman–Crippen LogP) is 4.08. The van der Waals surface area contributed by atoms with Crippen molar-refractivity contribution in [3.8, 4) is 5.75 Å². The van der Waals surface area contributed by atoms with Crippen molar-refractivity contribution in [1.82, 2.24) is 20.0 Å². The number of amides is 3. The van der Waals surface area contributed by atoms with E-state index in [-0.39, 0.29) is 24.1 Å². The number of carbonyl (C=O) groups excluding carboxylic acids is 3. The van der Waals surface area contributed by atoms with Crippen LogP contribution in [0.5, 0.6) is 5.75 Å². The van der Waals surface area contributed by atoms with Crippen LogP contribution in [0.15, 0.2) is 42.5 Å².